The molecule has 0 radical (unpaired) electrons. The molecule has 0 unspecified atom stereocenters. The van der Waals surface area contributed by atoms with Crippen molar-refractivity contribution in [1.82, 2.24) is 0 Å². The lowest BCUT2D eigenvalue weighted by atomic mass is 10.1. The van der Waals surface area contributed by atoms with Gasteiger partial charge in [-0.25, -0.2) is 0 Å². The fourth-order valence-electron chi connectivity index (χ4n) is 2.13. The number of rotatable bonds is 8. The van der Waals surface area contributed by atoms with Gasteiger partial charge in [-0.2, -0.15) is 0 Å². The molecule has 0 fully saturated rings. The summed E-state index contributed by atoms with van der Waals surface area (Å²) in [7, 11) is 1.59. The second-order valence-electron chi connectivity index (χ2n) is 5.36. The van der Waals surface area contributed by atoms with E-state index in [0.717, 1.165) is 18.4 Å². The average molecular weight is 326 g/mol. The van der Waals surface area contributed by atoms with Crippen LogP contribution in [-0.2, 0) is 0 Å². The molecule has 24 heavy (non-hydrogen) atoms. The van der Waals surface area contributed by atoms with Crippen LogP contribution in [0.4, 0.5) is 0 Å². The van der Waals surface area contributed by atoms with E-state index in [9.17, 15) is 9.90 Å². The van der Waals surface area contributed by atoms with Crippen LogP contribution < -0.4 is 9.47 Å². The molecule has 0 saturated heterocycles. The SMILES string of the molecule is CCCCOc1ccc(/C=C/C(=O)c2ccc(O)cc2)cc1OC. The predicted molar refractivity (Wildman–Crippen MR) is 94.9 cm³/mol. The highest BCUT2D eigenvalue weighted by Gasteiger charge is 2.06. The Bertz CT molecular complexity index is 702. The quantitative estimate of drug-likeness (QED) is 0.441. The Morgan fingerprint density at radius 3 is 2.54 bits per heavy atom. The summed E-state index contributed by atoms with van der Waals surface area (Å²) in [5.41, 5.74) is 1.37. The largest absolute Gasteiger partial charge is 0.508 e. The van der Waals surface area contributed by atoms with Crippen LogP contribution in [0.3, 0.4) is 0 Å². The van der Waals surface area contributed by atoms with Crippen molar-refractivity contribution in [1.29, 1.82) is 0 Å². The molecule has 0 aliphatic rings. The van der Waals surface area contributed by atoms with E-state index in [-0.39, 0.29) is 11.5 Å². The third kappa shape index (κ3) is 4.88. The monoisotopic (exact) mass is 326 g/mol. The Hall–Kier alpha value is -2.75. The van der Waals surface area contributed by atoms with E-state index in [1.165, 1.54) is 18.2 Å². The number of ether oxygens (including phenoxy) is 2. The number of ketones is 1. The van der Waals surface area contributed by atoms with Gasteiger partial charge in [0.05, 0.1) is 13.7 Å². The molecule has 2 aromatic carbocycles. The van der Waals surface area contributed by atoms with Gasteiger partial charge >= 0.3 is 0 Å². The number of aromatic hydroxyl groups is 1. The molecule has 0 amide bonds. The summed E-state index contributed by atoms with van der Waals surface area (Å²) in [4.78, 5) is 12.1. The van der Waals surface area contributed by atoms with Gasteiger partial charge in [-0.3, -0.25) is 4.79 Å². The third-order valence-corrected chi connectivity index (χ3v) is 3.52. The minimum absolute atomic E-state index is 0.128. The molecule has 0 aromatic heterocycles. The zero-order valence-electron chi connectivity index (χ0n) is 14.0. The number of carbonyl (C=O) groups is 1. The molecular formula is C20H22O4. The summed E-state index contributed by atoms with van der Waals surface area (Å²) in [6.07, 6.45) is 5.29. The van der Waals surface area contributed by atoms with Crippen molar-refractivity contribution in [3.63, 3.8) is 0 Å². The zero-order chi connectivity index (χ0) is 17.4. The van der Waals surface area contributed by atoms with Gasteiger partial charge in [0.15, 0.2) is 17.3 Å². The Kier molecular flexibility index (Phi) is 6.43. The van der Waals surface area contributed by atoms with Crippen LogP contribution in [-0.4, -0.2) is 24.6 Å². The first-order valence-electron chi connectivity index (χ1n) is 7.96. The summed E-state index contributed by atoms with van der Waals surface area (Å²) >= 11 is 0. The van der Waals surface area contributed by atoms with Gasteiger partial charge in [0.25, 0.3) is 0 Å². The molecule has 0 spiro atoms. The minimum atomic E-state index is -0.128. The Morgan fingerprint density at radius 2 is 1.88 bits per heavy atom. The Morgan fingerprint density at radius 1 is 1.12 bits per heavy atom. The van der Waals surface area contributed by atoms with Crippen LogP contribution in [0.25, 0.3) is 6.08 Å². The van der Waals surface area contributed by atoms with Crippen LogP contribution >= 0.6 is 0 Å². The normalized spacial score (nSPS) is 10.8. The van der Waals surface area contributed by atoms with Crippen molar-refractivity contribution in [3.05, 3.63) is 59.7 Å². The molecule has 0 saturated carbocycles. The first-order valence-corrected chi connectivity index (χ1v) is 7.96. The van der Waals surface area contributed by atoms with E-state index >= 15 is 0 Å². The number of allylic oxidation sites excluding steroid dienone is 1. The Balaban J connectivity index is 2.08. The zero-order valence-corrected chi connectivity index (χ0v) is 14.0. The molecule has 2 rings (SSSR count). The van der Waals surface area contributed by atoms with Crippen LogP contribution in [0.2, 0.25) is 0 Å². The topological polar surface area (TPSA) is 55.8 Å². The first-order chi connectivity index (χ1) is 11.6. The minimum Gasteiger partial charge on any atom is -0.508 e. The highest BCUT2D eigenvalue weighted by Crippen LogP contribution is 2.28. The van der Waals surface area contributed by atoms with Crippen molar-refractivity contribution < 1.29 is 19.4 Å². The fraction of sp³-hybridized carbons (Fsp3) is 0.250. The molecule has 0 aliphatic heterocycles. The second-order valence-corrected chi connectivity index (χ2v) is 5.36. The lowest BCUT2D eigenvalue weighted by molar-refractivity contribution is 0.104. The predicted octanol–water partition coefficient (Wildman–Crippen LogP) is 4.48. The van der Waals surface area contributed by atoms with E-state index in [4.69, 9.17) is 9.47 Å². The van der Waals surface area contributed by atoms with E-state index in [2.05, 4.69) is 6.92 Å². The molecule has 0 atom stereocenters. The number of hydrogen-bond acceptors (Lipinski definition) is 4. The van der Waals surface area contributed by atoms with Crippen molar-refractivity contribution in [2.75, 3.05) is 13.7 Å². The molecule has 1 N–H and O–H groups in total. The number of carbonyl (C=O) groups excluding carboxylic acids is 1. The van der Waals surface area contributed by atoms with Crippen molar-refractivity contribution in [2.45, 2.75) is 19.8 Å². The summed E-state index contributed by atoms with van der Waals surface area (Å²) in [6.45, 7) is 2.76. The van der Waals surface area contributed by atoms with E-state index in [1.807, 2.05) is 18.2 Å². The molecule has 0 aliphatic carbocycles. The maximum Gasteiger partial charge on any atom is 0.185 e. The van der Waals surface area contributed by atoms with Crippen LogP contribution in [0, 0.1) is 0 Å². The summed E-state index contributed by atoms with van der Waals surface area (Å²) < 4.78 is 11.0. The van der Waals surface area contributed by atoms with Crippen LogP contribution in [0.5, 0.6) is 17.2 Å². The van der Waals surface area contributed by atoms with E-state index < -0.39 is 0 Å². The highest BCUT2D eigenvalue weighted by atomic mass is 16.5. The smallest absolute Gasteiger partial charge is 0.185 e. The summed E-state index contributed by atoms with van der Waals surface area (Å²) in [5.74, 6) is 1.36. The van der Waals surface area contributed by atoms with Gasteiger partial charge in [-0.05, 0) is 54.5 Å². The van der Waals surface area contributed by atoms with Gasteiger partial charge in [0.2, 0.25) is 0 Å². The molecular weight excluding hydrogens is 304 g/mol. The fourth-order valence-corrected chi connectivity index (χ4v) is 2.13. The van der Waals surface area contributed by atoms with Crippen molar-refractivity contribution in [2.24, 2.45) is 0 Å². The van der Waals surface area contributed by atoms with Gasteiger partial charge in [-0.15, -0.1) is 0 Å². The van der Waals surface area contributed by atoms with E-state index in [0.29, 0.717) is 23.7 Å². The molecule has 4 nitrogen and oxygen atoms in total. The second kappa shape index (κ2) is 8.77. The molecule has 2 aromatic rings. The van der Waals surface area contributed by atoms with Crippen molar-refractivity contribution >= 4 is 11.9 Å². The lowest BCUT2D eigenvalue weighted by Crippen LogP contribution is -1.99. The van der Waals surface area contributed by atoms with Crippen LogP contribution in [0.15, 0.2) is 48.5 Å². The number of phenols is 1. The molecule has 0 heterocycles. The Labute approximate surface area is 142 Å². The number of hydrogen-bond donors (Lipinski definition) is 1. The number of benzene rings is 2. The average Bonchev–Trinajstić information content (AvgIpc) is 2.61. The number of phenolic OH excluding ortho intramolecular Hbond substituents is 1. The van der Waals surface area contributed by atoms with Gasteiger partial charge < -0.3 is 14.6 Å². The summed E-state index contributed by atoms with van der Waals surface area (Å²) in [5, 5.41) is 9.25. The van der Waals surface area contributed by atoms with Crippen LogP contribution in [0.1, 0.15) is 35.7 Å². The maximum atomic E-state index is 12.1. The van der Waals surface area contributed by atoms with Gasteiger partial charge in [-0.1, -0.05) is 25.5 Å². The first kappa shape index (κ1) is 17.6. The maximum absolute atomic E-state index is 12.1. The van der Waals surface area contributed by atoms with E-state index in [1.54, 1.807) is 25.3 Å². The summed E-state index contributed by atoms with van der Waals surface area (Å²) in [6, 6.07) is 11.7. The number of unbranched alkanes of at least 4 members (excludes halogenated alkanes) is 1. The molecule has 4 heteroatoms. The van der Waals surface area contributed by atoms with Crippen molar-refractivity contribution in [3.8, 4) is 17.2 Å². The molecule has 0 bridgehead atoms. The number of methoxy groups -OCH3 is 1. The third-order valence-electron chi connectivity index (χ3n) is 3.52. The molecule has 126 valence electrons. The standard InChI is InChI=1S/C20H22O4/c1-3-4-13-24-19-12-6-15(14-20(19)23-2)5-11-18(22)16-7-9-17(21)10-8-16/h5-12,14,21H,3-4,13H2,1-2H3/b11-5+. The van der Waals surface area contributed by atoms with Gasteiger partial charge in [0, 0.05) is 5.56 Å². The van der Waals surface area contributed by atoms with Gasteiger partial charge in [0.1, 0.15) is 5.75 Å². The highest BCUT2D eigenvalue weighted by molar-refractivity contribution is 6.06. The lowest BCUT2D eigenvalue weighted by Gasteiger charge is -2.10.